The third-order valence-corrected chi connectivity index (χ3v) is 3.37. The summed E-state index contributed by atoms with van der Waals surface area (Å²) in [5, 5.41) is 3.15. The highest BCUT2D eigenvalue weighted by Gasteiger charge is 2.25. The number of thioether (sulfide) groups is 1. The summed E-state index contributed by atoms with van der Waals surface area (Å²) in [5.74, 6) is 0.934. The van der Waals surface area contributed by atoms with E-state index in [0.29, 0.717) is 13.0 Å². The van der Waals surface area contributed by atoms with Crippen molar-refractivity contribution in [3.05, 3.63) is 30.3 Å². The van der Waals surface area contributed by atoms with E-state index < -0.39 is 12.6 Å². The quantitative estimate of drug-likeness (QED) is 0.567. The largest absolute Gasteiger partial charge is 0.389 e. The highest BCUT2D eigenvalue weighted by molar-refractivity contribution is 7.99. The van der Waals surface area contributed by atoms with Crippen molar-refractivity contribution < 1.29 is 13.2 Å². The first-order chi connectivity index (χ1) is 8.58. The van der Waals surface area contributed by atoms with Crippen LogP contribution < -0.4 is 5.32 Å². The Morgan fingerprint density at radius 2 is 1.72 bits per heavy atom. The average molecular weight is 277 g/mol. The van der Waals surface area contributed by atoms with Gasteiger partial charge in [-0.25, -0.2) is 0 Å². The van der Waals surface area contributed by atoms with E-state index in [1.165, 1.54) is 4.90 Å². The van der Waals surface area contributed by atoms with E-state index in [1.807, 2.05) is 30.3 Å². The Kier molecular flexibility index (Phi) is 7.20. The van der Waals surface area contributed by atoms with E-state index in [0.717, 1.165) is 12.3 Å². The topological polar surface area (TPSA) is 12.0 Å². The molecule has 1 aromatic rings. The van der Waals surface area contributed by atoms with Crippen molar-refractivity contribution >= 4 is 11.8 Å². The smallest absolute Gasteiger partial charge is 0.316 e. The van der Waals surface area contributed by atoms with E-state index in [4.69, 9.17) is 0 Å². The molecule has 0 fully saturated rings. The number of unbranched alkanes of at least 4 members (excludes halogenated alkanes) is 1. The fourth-order valence-electron chi connectivity index (χ4n) is 1.46. The molecule has 0 aliphatic carbocycles. The zero-order chi connectivity index (χ0) is 13.3. The summed E-state index contributed by atoms with van der Waals surface area (Å²) in [5.41, 5.74) is 0. The summed E-state index contributed by atoms with van der Waals surface area (Å²) in [4.78, 5) is 1.22. The van der Waals surface area contributed by atoms with Crippen LogP contribution in [0.25, 0.3) is 0 Å². The second kappa shape index (κ2) is 8.43. The van der Waals surface area contributed by atoms with Crippen molar-refractivity contribution in [3.8, 4) is 0 Å². The Balaban J connectivity index is 1.90. The fourth-order valence-corrected chi connectivity index (χ4v) is 2.29. The molecular weight excluding hydrogens is 259 g/mol. The number of nitrogens with one attached hydrogen (secondary N) is 1. The lowest BCUT2D eigenvalue weighted by atomic mass is 10.2. The van der Waals surface area contributed by atoms with Crippen molar-refractivity contribution in [1.29, 1.82) is 0 Å². The van der Waals surface area contributed by atoms with Crippen LogP contribution in [0.3, 0.4) is 0 Å². The van der Waals surface area contributed by atoms with Gasteiger partial charge in [0.05, 0.1) is 0 Å². The zero-order valence-electron chi connectivity index (χ0n) is 10.2. The zero-order valence-corrected chi connectivity index (χ0v) is 11.0. The third-order valence-electron chi connectivity index (χ3n) is 2.35. The van der Waals surface area contributed by atoms with E-state index in [2.05, 4.69) is 5.32 Å². The van der Waals surface area contributed by atoms with Crippen molar-refractivity contribution in [1.82, 2.24) is 5.32 Å². The molecule has 0 unspecified atom stereocenters. The molecule has 0 bridgehead atoms. The Morgan fingerprint density at radius 1 is 1.00 bits per heavy atom. The fraction of sp³-hybridized carbons (Fsp3) is 0.538. The molecule has 0 saturated heterocycles. The van der Waals surface area contributed by atoms with Gasteiger partial charge in [-0.3, -0.25) is 0 Å². The molecule has 1 aromatic carbocycles. The molecule has 0 spiro atoms. The molecule has 0 saturated carbocycles. The minimum atomic E-state index is -4.01. The van der Waals surface area contributed by atoms with Crippen LogP contribution in [-0.4, -0.2) is 25.0 Å². The van der Waals surface area contributed by atoms with E-state index in [1.54, 1.807) is 11.8 Å². The van der Waals surface area contributed by atoms with Crippen molar-refractivity contribution in [2.24, 2.45) is 0 Å². The predicted octanol–water partition coefficient (Wildman–Crippen LogP) is 4.10. The lowest BCUT2D eigenvalue weighted by molar-refractivity contribution is -0.135. The number of hydrogen-bond donors (Lipinski definition) is 1. The van der Waals surface area contributed by atoms with Gasteiger partial charge in [0.1, 0.15) is 0 Å². The lowest BCUT2D eigenvalue weighted by Crippen LogP contribution is -2.19. The van der Waals surface area contributed by atoms with Crippen LogP contribution in [0.2, 0.25) is 0 Å². The molecule has 1 nitrogen and oxygen atoms in total. The summed E-state index contributed by atoms with van der Waals surface area (Å²) in [6, 6.07) is 10.1. The number of rotatable bonds is 8. The molecule has 0 aromatic heterocycles. The van der Waals surface area contributed by atoms with Crippen LogP contribution in [0, 0.1) is 0 Å². The summed E-state index contributed by atoms with van der Waals surface area (Å²) < 4.78 is 35.5. The normalized spacial score (nSPS) is 11.7. The van der Waals surface area contributed by atoms with Crippen LogP contribution in [0.1, 0.15) is 19.3 Å². The average Bonchev–Trinajstić information content (AvgIpc) is 2.32. The number of hydrogen-bond acceptors (Lipinski definition) is 2. The Bertz CT molecular complexity index is 314. The van der Waals surface area contributed by atoms with E-state index >= 15 is 0 Å². The Morgan fingerprint density at radius 3 is 2.39 bits per heavy atom. The van der Waals surface area contributed by atoms with Gasteiger partial charge < -0.3 is 5.32 Å². The van der Waals surface area contributed by atoms with E-state index in [-0.39, 0.29) is 6.42 Å². The first kappa shape index (κ1) is 15.4. The molecule has 0 atom stereocenters. The minimum Gasteiger partial charge on any atom is -0.316 e. The van der Waals surface area contributed by atoms with Gasteiger partial charge in [-0.05, 0) is 31.5 Å². The van der Waals surface area contributed by atoms with Gasteiger partial charge in [-0.1, -0.05) is 18.2 Å². The monoisotopic (exact) mass is 277 g/mol. The second-order valence-corrected chi connectivity index (χ2v) is 5.15. The van der Waals surface area contributed by atoms with Gasteiger partial charge >= 0.3 is 6.18 Å². The molecule has 1 rings (SSSR count). The first-order valence-electron chi connectivity index (χ1n) is 6.03. The molecule has 0 aliphatic heterocycles. The van der Waals surface area contributed by atoms with Crippen molar-refractivity contribution in [2.45, 2.75) is 30.3 Å². The van der Waals surface area contributed by atoms with E-state index in [9.17, 15) is 13.2 Å². The molecule has 0 radical (unpaired) electrons. The van der Waals surface area contributed by atoms with Gasteiger partial charge in [0.15, 0.2) is 0 Å². The molecule has 0 heterocycles. The van der Waals surface area contributed by atoms with Crippen molar-refractivity contribution in [2.75, 3.05) is 18.8 Å². The number of benzene rings is 1. The number of halogens is 3. The summed E-state index contributed by atoms with van der Waals surface area (Å²) >= 11 is 1.75. The number of alkyl halides is 3. The maximum Gasteiger partial charge on any atom is 0.389 e. The molecule has 0 aliphatic rings. The van der Waals surface area contributed by atoms with Gasteiger partial charge in [0, 0.05) is 23.6 Å². The molecule has 1 N–H and O–H groups in total. The van der Waals surface area contributed by atoms with Gasteiger partial charge in [-0.2, -0.15) is 13.2 Å². The molecule has 5 heteroatoms. The molecule has 102 valence electrons. The minimum absolute atomic E-state index is 0.211. The molecule has 0 amide bonds. The van der Waals surface area contributed by atoms with Crippen LogP contribution in [0.4, 0.5) is 13.2 Å². The van der Waals surface area contributed by atoms with Crippen molar-refractivity contribution in [3.63, 3.8) is 0 Å². The maximum absolute atomic E-state index is 11.8. The second-order valence-electron chi connectivity index (χ2n) is 3.98. The lowest BCUT2D eigenvalue weighted by Gasteiger charge is -2.07. The third kappa shape index (κ3) is 8.42. The SMILES string of the molecule is FC(F)(F)CCCCNCCSc1ccccc1. The Labute approximate surface area is 110 Å². The standard InChI is InChI=1S/C13H18F3NS/c14-13(15,16)8-4-5-9-17-10-11-18-12-6-2-1-3-7-12/h1-3,6-7,17H,4-5,8-11H2. The molecular formula is C13H18F3NS. The maximum atomic E-state index is 11.8. The Hall–Kier alpha value is -0.680. The van der Waals surface area contributed by atoms with Crippen LogP contribution in [-0.2, 0) is 0 Å². The summed E-state index contributed by atoms with van der Waals surface area (Å²) in [6.45, 7) is 1.48. The highest BCUT2D eigenvalue weighted by Crippen LogP contribution is 2.21. The van der Waals surface area contributed by atoms with Gasteiger partial charge in [0.25, 0.3) is 0 Å². The van der Waals surface area contributed by atoms with Crippen LogP contribution in [0.5, 0.6) is 0 Å². The first-order valence-corrected chi connectivity index (χ1v) is 7.02. The van der Waals surface area contributed by atoms with Gasteiger partial charge in [0.2, 0.25) is 0 Å². The highest BCUT2D eigenvalue weighted by atomic mass is 32.2. The van der Waals surface area contributed by atoms with Gasteiger partial charge in [-0.15, -0.1) is 11.8 Å². The summed E-state index contributed by atoms with van der Waals surface area (Å²) in [7, 11) is 0. The van der Waals surface area contributed by atoms with Crippen LogP contribution >= 0.6 is 11.8 Å². The predicted molar refractivity (Wildman–Crippen MR) is 69.9 cm³/mol. The summed E-state index contributed by atoms with van der Waals surface area (Å²) in [6.07, 6.45) is -3.89. The molecule has 18 heavy (non-hydrogen) atoms. The van der Waals surface area contributed by atoms with Crippen LogP contribution in [0.15, 0.2) is 35.2 Å².